The van der Waals surface area contributed by atoms with Gasteiger partial charge < -0.3 is 20.1 Å². The topological polar surface area (TPSA) is 85.4 Å². The Balaban J connectivity index is 2.20. The van der Waals surface area contributed by atoms with Gasteiger partial charge in [0.05, 0.1) is 24.9 Å². The first kappa shape index (κ1) is 17.8. The molecule has 8 heteroatoms. The molecule has 1 amide bonds. The number of benzene rings is 1. The van der Waals surface area contributed by atoms with Crippen molar-refractivity contribution in [2.24, 2.45) is 0 Å². The molecular weight excluding hydrogens is 332 g/mol. The minimum absolute atomic E-state index is 0.181. The second-order valence-electron chi connectivity index (χ2n) is 5.24. The standard InChI is InChI=1S/C16H19ClN4O3/c1-9(2)18-15-6-5-11(20-21-15)16(22)19-12-8-13(23-3)10(17)7-14(12)24-4/h5-9H,1-4H3,(H,18,21)(H,19,22). The van der Waals surface area contributed by atoms with Crippen molar-refractivity contribution in [3.63, 3.8) is 0 Å². The van der Waals surface area contributed by atoms with Gasteiger partial charge in [-0.25, -0.2) is 0 Å². The lowest BCUT2D eigenvalue weighted by Gasteiger charge is -2.13. The van der Waals surface area contributed by atoms with Crippen LogP contribution in [-0.4, -0.2) is 36.4 Å². The zero-order valence-corrected chi connectivity index (χ0v) is 14.6. The fraction of sp³-hybridized carbons (Fsp3) is 0.312. The monoisotopic (exact) mass is 350 g/mol. The van der Waals surface area contributed by atoms with Crippen LogP contribution in [-0.2, 0) is 0 Å². The highest BCUT2D eigenvalue weighted by Crippen LogP contribution is 2.35. The highest BCUT2D eigenvalue weighted by atomic mass is 35.5. The molecule has 0 radical (unpaired) electrons. The van der Waals surface area contributed by atoms with Gasteiger partial charge in [0.2, 0.25) is 0 Å². The maximum Gasteiger partial charge on any atom is 0.276 e. The second kappa shape index (κ2) is 7.83. The highest BCUT2D eigenvalue weighted by molar-refractivity contribution is 6.32. The summed E-state index contributed by atoms with van der Waals surface area (Å²) >= 11 is 6.05. The average Bonchev–Trinajstić information content (AvgIpc) is 2.56. The van der Waals surface area contributed by atoms with Crippen LogP contribution in [0.1, 0.15) is 24.3 Å². The van der Waals surface area contributed by atoms with Gasteiger partial charge in [0.25, 0.3) is 5.91 Å². The lowest BCUT2D eigenvalue weighted by atomic mass is 10.2. The SMILES string of the molecule is COc1cc(NC(=O)c2ccc(NC(C)C)nn2)c(OC)cc1Cl. The molecule has 2 aromatic rings. The predicted octanol–water partition coefficient (Wildman–Crippen LogP) is 3.22. The zero-order chi connectivity index (χ0) is 17.7. The van der Waals surface area contributed by atoms with Gasteiger partial charge in [0, 0.05) is 18.2 Å². The van der Waals surface area contributed by atoms with Crippen LogP contribution in [0, 0.1) is 0 Å². The molecule has 128 valence electrons. The van der Waals surface area contributed by atoms with Crippen LogP contribution in [0.3, 0.4) is 0 Å². The molecule has 0 aliphatic rings. The molecule has 0 aliphatic heterocycles. The number of rotatable bonds is 6. The number of halogens is 1. The van der Waals surface area contributed by atoms with Crippen molar-refractivity contribution in [2.45, 2.75) is 19.9 Å². The van der Waals surface area contributed by atoms with E-state index in [-0.39, 0.29) is 11.7 Å². The van der Waals surface area contributed by atoms with Crippen LogP contribution in [0.2, 0.25) is 5.02 Å². The van der Waals surface area contributed by atoms with Crippen molar-refractivity contribution in [2.75, 3.05) is 24.9 Å². The summed E-state index contributed by atoms with van der Waals surface area (Å²) in [7, 11) is 2.98. The Morgan fingerprint density at radius 1 is 1.12 bits per heavy atom. The van der Waals surface area contributed by atoms with Gasteiger partial charge in [-0.05, 0) is 26.0 Å². The van der Waals surface area contributed by atoms with E-state index in [0.29, 0.717) is 28.0 Å². The third kappa shape index (κ3) is 4.26. The smallest absolute Gasteiger partial charge is 0.276 e. The predicted molar refractivity (Wildman–Crippen MR) is 93.3 cm³/mol. The number of anilines is 2. The number of hydrogen-bond acceptors (Lipinski definition) is 6. The molecule has 2 rings (SSSR count). The molecule has 1 heterocycles. The molecule has 7 nitrogen and oxygen atoms in total. The van der Waals surface area contributed by atoms with Gasteiger partial charge >= 0.3 is 0 Å². The van der Waals surface area contributed by atoms with Crippen molar-refractivity contribution < 1.29 is 14.3 Å². The van der Waals surface area contributed by atoms with Crippen LogP contribution in [0.15, 0.2) is 24.3 Å². The van der Waals surface area contributed by atoms with E-state index in [1.165, 1.54) is 14.2 Å². The van der Waals surface area contributed by atoms with Crippen LogP contribution in [0.5, 0.6) is 11.5 Å². The largest absolute Gasteiger partial charge is 0.495 e. The summed E-state index contributed by atoms with van der Waals surface area (Å²) < 4.78 is 10.4. The van der Waals surface area contributed by atoms with Crippen molar-refractivity contribution in [3.8, 4) is 11.5 Å². The van der Waals surface area contributed by atoms with Gasteiger partial charge in [-0.1, -0.05) is 11.6 Å². The van der Waals surface area contributed by atoms with E-state index in [2.05, 4.69) is 20.8 Å². The van der Waals surface area contributed by atoms with E-state index < -0.39 is 5.91 Å². The summed E-state index contributed by atoms with van der Waals surface area (Å²) in [5.41, 5.74) is 0.607. The number of nitrogens with one attached hydrogen (secondary N) is 2. The van der Waals surface area contributed by atoms with Gasteiger partial charge in [-0.15, -0.1) is 10.2 Å². The summed E-state index contributed by atoms with van der Waals surface area (Å²) in [6, 6.07) is 6.66. The molecule has 1 aromatic heterocycles. The minimum atomic E-state index is -0.415. The molecule has 0 atom stereocenters. The van der Waals surface area contributed by atoms with E-state index in [0.717, 1.165) is 0 Å². The fourth-order valence-electron chi connectivity index (χ4n) is 1.97. The maximum absolute atomic E-state index is 12.3. The van der Waals surface area contributed by atoms with Gasteiger partial charge in [-0.3, -0.25) is 4.79 Å². The summed E-state index contributed by atoms with van der Waals surface area (Å²) in [6.07, 6.45) is 0. The summed E-state index contributed by atoms with van der Waals surface area (Å²) in [5.74, 6) is 1.03. The Hall–Kier alpha value is -2.54. The van der Waals surface area contributed by atoms with E-state index >= 15 is 0 Å². The number of hydrogen-bond donors (Lipinski definition) is 2. The average molecular weight is 351 g/mol. The summed E-state index contributed by atoms with van der Waals surface area (Å²) in [4.78, 5) is 12.3. The molecule has 0 saturated carbocycles. The number of ether oxygens (including phenoxy) is 2. The van der Waals surface area contributed by atoms with Crippen molar-refractivity contribution in [3.05, 3.63) is 35.0 Å². The molecule has 0 unspecified atom stereocenters. The fourth-order valence-corrected chi connectivity index (χ4v) is 2.20. The molecule has 0 saturated heterocycles. The molecule has 0 bridgehead atoms. The first-order valence-electron chi connectivity index (χ1n) is 7.27. The van der Waals surface area contributed by atoms with Gasteiger partial charge in [0.1, 0.15) is 17.3 Å². The molecule has 0 fully saturated rings. The molecule has 0 spiro atoms. The van der Waals surface area contributed by atoms with Gasteiger partial charge in [-0.2, -0.15) is 0 Å². The number of carbonyl (C=O) groups excluding carboxylic acids is 1. The van der Waals surface area contributed by atoms with Crippen molar-refractivity contribution in [1.82, 2.24) is 10.2 Å². The molecular formula is C16H19ClN4O3. The first-order valence-corrected chi connectivity index (χ1v) is 7.65. The Bertz CT molecular complexity index is 720. The van der Waals surface area contributed by atoms with Crippen LogP contribution >= 0.6 is 11.6 Å². The molecule has 2 N–H and O–H groups in total. The number of carbonyl (C=O) groups is 1. The Kier molecular flexibility index (Phi) is 5.81. The van der Waals surface area contributed by atoms with Crippen molar-refractivity contribution in [1.29, 1.82) is 0 Å². The van der Waals surface area contributed by atoms with Crippen molar-refractivity contribution >= 4 is 29.0 Å². The zero-order valence-electron chi connectivity index (χ0n) is 13.9. The Labute approximate surface area is 145 Å². The number of aromatic nitrogens is 2. The maximum atomic E-state index is 12.3. The van der Waals surface area contributed by atoms with Crippen LogP contribution < -0.4 is 20.1 Å². The quantitative estimate of drug-likeness (QED) is 0.832. The summed E-state index contributed by atoms with van der Waals surface area (Å²) in [5, 5.41) is 14.1. The normalized spacial score (nSPS) is 10.4. The highest BCUT2D eigenvalue weighted by Gasteiger charge is 2.15. The molecule has 24 heavy (non-hydrogen) atoms. The third-order valence-corrected chi connectivity index (χ3v) is 3.35. The number of amides is 1. The summed E-state index contributed by atoms with van der Waals surface area (Å²) in [6.45, 7) is 3.98. The Morgan fingerprint density at radius 3 is 2.38 bits per heavy atom. The van der Waals surface area contributed by atoms with Crippen LogP contribution in [0.4, 0.5) is 11.5 Å². The van der Waals surface area contributed by atoms with E-state index in [1.807, 2.05) is 13.8 Å². The minimum Gasteiger partial charge on any atom is -0.495 e. The molecule has 0 aliphatic carbocycles. The first-order chi connectivity index (χ1) is 11.4. The number of methoxy groups -OCH3 is 2. The van der Waals surface area contributed by atoms with Gasteiger partial charge in [0.15, 0.2) is 5.69 Å². The van der Waals surface area contributed by atoms with E-state index in [4.69, 9.17) is 21.1 Å². The third-order valence-electron chi connectivity index (χ3n) is 3.06. The number of nitrogens with zero attached hydrogens (tertiary/aromatic N) is 2. The Morgan fingerprint density at radius 2 is 1.83 bits per heavy atom. The second-order valence-corrected chi connectivity index (χ2v) is 5.65. The van der Waals surface area contributed by atoms with E-state index in [1.54, 1.807) is 24.3 Å². The molecule has 1 aromatic carbocycles. The van der Waals surface area contributed by atoms with Crippen LogP contribution in [0.25, 0.3) is 0 Å². The lowest BCUT2D eigenvalue weighted by molar-refractivity contribution is 0.102. The van der Waals surface area contributed by atoms with E-state index in [9.17, 15) is 4.79 Å². The lowest BCUT2D eigenvalue weighted by Crippen LogP contribution is -2.16.